The van der Waals surface area contributed by atoms with Crippen molar-refractivity contribution < 1.29 is 8.42 Å². The zero-order chi connectivity index (χ0) is 12.7. The van der Waals surface area contributed by atoms with Crippen LogP contribution in [-0.4, -0.2) is 23.5 Å². The van der Waals surface area contributed by atoms with Gasteiger partial charge in [-0.15, -0.1) is 0 Å². The smallest absolute Gasteiger partial charge is 0.260 e. The van der Waals surface area contributed by atoms with Gasteiger partial charge in [-0.2, -0.15) is 0 Å². The highest BCUT2D eigenvalue weighted by Gasteiger charge is 2.40. The van der Waals surface area contributed by atoms with Gasteiger partial charge in [0.1, 0.15) is 0 Å². The molecule has 2 rings (SSSR count). The summed E-state index contributed by atoms with van der Waals surface area (Å²) in [5, 5.41) is 0.0530. The van der Waals surface area contributed by atoms with E-state index in [0.717, 1.165) is 25.7 Å². The Labute approximate surface area is 101 Å². The average Bonchev–Trinajstić information content (AvgIpc) is 2.53. The second-order valence-corrected chi connectivity index (χ2v) is 6.24. The second-order valence-electron chi connectivity index (χ2n) is 4.64. The van der Waals surface area contributed by atoms with Gasteiger partial charge in [0.15, 0.2) is 10.8 Å². The molecule has 6 nitrogen and oxygen atoms in total. The van der Waals surface area contributed by atoms with Crippen molar-refractivity contribution >= 4 is 15.8 Å². The predicted molar refractivity (Wildman–Crippen MR) is 64.8 cm³/mol. The number of aromatic nitrogens is 2. The predicted octanol–water partition coefficient (Wildman–Crippen LogP) is 0.613. The summed E-state index contributed by atoms with van der Waals surface area (Å²) in [7, 11) is -1.96. The maximum absolute atomic E-state index is 12.3. The summed E-state index contributed by atoms with van der Waals surface area (Å²) in [6.45, 7) is 1.99. The van der Waals surface area contributed by atoms with Crippen LogP contribution in [0.4, 0.5) is 5.82 Å². The molecular formula is C10H18N4O2S. The van der Waals surface area contributed by atoms with Crippen LogP contribution in [0.3, 0.4) is 0 Å². The summed E-state index contributed by atoms with van der Waals surface area (Å²) >= 11 is 0. The van der Waals surface area contributed by atoms with Crippen LogP contribution >= 0.6 is 0 Å². The monoisotopic (exact) mass is 258 g/mol. The standard InChI is InChI=1S/C10H18N4O2S/c1-3-10(5-4-6-10)13-17(15,16)9-8(11)12-7-14(9)2/h7,13H,3-6,11H2,1-2H3. The van der Waals surface area contributed by atoms with Gasteiger partial charge in [0, 0.05) is 12.6 Å². The molecule has 17 heavy (non-hydrogen) atoms. The van der Waals surface area contributed by atoms with Gasteiger partial charge in [-0.1, -0.05) is 6.92 Å². The van der Waals surface area contributed by atoms with E-state index in [1.807, 2.05) is 6.92 Å². The second kappa shape index (κ2) is 3.99. The number of nitrogen functional groups attached to an aromatic ring is 1. The van der Waals surface area contributed by atoms with Gasteiger partial charge in [-0.3, -0.25) is 0 Å². The molecule has 0 aliphatic heterocycles. The SMILES string of the molecule is CCC1(NS(=O)(=O)c2c(N)ncn2C)CCC1. The van der Waals surface area contributed by atoms with E-state index in [9.17, 15) is 8.42 Å². The molecule has 1 saturated carbocycles. The minimum atomic E-state index is -3.58. The summed E-state index contributed by atoms with van der Waals surface area (Å²) in [4.78, 5) is 3.80. The maximum atomic E-state index is 12.3. The molecule has 0 unspecified atom stereocenters. The molecular weight excluding hydrogens is 240 g/mol. The summed E-state index contributed by atoms with van der Waals surface area (Å²) < 4.78 is 28.7. The average molecular weight is 258 g/mol. The van der Waals surface area contributed by atoms with Crippen LogP contribution < -0.4 is 10.5 Å². The molecule has 1 aromatic heterocycles. The third-order valence-corrected chi connectivity index (χ3v) is 5.21. The van der Waals surface area contributed by atoms with E-state index in [0.29, 0.717) is 0 Å². The van der Waals surface area contributed by atoms with Crippen LogP contribution in [0.2, 0.25) is 0 Å². The summed E-state index contributed by atoms with van der Waals surface area (Å²) in [6, 6.07) is 0. The summed E-state index contributed by atoms with van der Waals surface area (Å²) in [5.74, 6) is 0.0468. The Balaban J connectivity index is 2.31. The number of rotatable bonds is 4. The third-order valence-electron chi connectivity index (χ3n) is 3.50. The molecule has 0 spiro atoms. The van der Waals surface area contributed by atoms with Crippen LogP contribution in [0.25, 0.3) is 0 Å². The van der Waals surface area contributed by atoms with Gasteiger partial charge in [0.2, 0.25) is 0 Å². The Bertz CT molecular complexity index is 491. The molecule has 3 N–H and O–H groups in total. The third kappa shape index (κ3) is 2.04. The lowest BCUT2D eigenvalue weighted by atomic mass is 9.76. The number of hydrogen-bond acceptors (Lipinski definition) is 4. The van der Waals surface area contributed by atoms with Crippen molar-refractivity contribution in [3.8, 4) is 0 Å². The summed E-state index contributed by atoms with van der Waals surface area (Å²) in [5.41, 5.74) is 5.31. The molecule has 1 aliphatic rings. The largest absolute Gasteiger partial charge is 0.381 e. The number of imidazole rings is 1. The Morgan fingerprint density at radius 1 is 1.59 bits per heavy atom. The molecule has 0 bridgehead atoms. The maximum Gasteiger partial charge on any atom is 0.260 e. The van der Waals surface area contributed by atoms with E-state index >= 15 is 0 Å². The molecule has 0 aromatic carbocycles. The molecule has 0 amide bonds. The molecule has 0 radical (unpaired) electrons. The van der Waals surface area contributed by atoms with Crippen molar-refractivity contribution in [2.75, 3.05) is 5.73 Å². The minimum Gasteiger partial charge on any atom is -0.381 e. The van der Waals surface area contributed by atoms with Gasteiger partial charge in [0.05, 0.1) is 6.33 Å². The van der Waals surface area contributed by atoms with E-state index in [2.05, 4.69) is 9.71 Å². The van der Waals surface area contributed by atoms with E-state index in [1.165, 1.54) is 10.9 Å². The normalized spacial score (nSPS) is 18.9. The van der Waals surface area contributed by atoms with Crippen LogP contribution in [0.1, 0.15) is 32.6 Å². The molecule has 1 aromatic rings. The first kappa shape index (κ1) is 12.4. The molecule has 96 valence electrons. The first-order valence-electron chi connectivity index (χ1n) is 5.71. The quantitative estimate of drug-likeness (QED) is 0.828. The number of sulfonamides is 1. The summed E-state index contributed by atoms with van der Waals surface area (Å²) in [6.07, 6.45) is 5.05. The minimum absolute atomic E-state index is 0.0468. The van der Waals surface area contributed by atoms with Crippen molar-refractivity contribution in [2.45, 2.75) is 43.2 Å². The zero-order valence-electron chi connectivity index (χ0n) is 10.1. The van der Waals surface area contributed by atoms with E-state index in [-0.39, 0.29) is 16.4 Å². The fourth-order valence-corrected chi connectivity index (χ4v) is 4.00. The number of nitrogens with two attached hydrogens (primary N) is 1. The first-order chi connectivity index (χ1) is 7.90. The van der Waals surface area contributed by atoms with Crippen LogP contribution in [0.15, 0.2) is 11.4 Å². The Hall–Kier alpha value is -1.08. The van der Waals surface area contributed by atoms with Crippen molar-refractivity contribution in [3.63, 3.8) is 0 Å². The van der Waals surface area contributed by atoms with Gasteiger partial charge in [0.25, 0.3) is 10.0 Å². The Morgan fingerprint density at radius 3 is 2.59 bits per heavy atom. The van der Waals surface area contributed by atoms with Crippen molar-refractivity contribution in [1.29, 1.82) is 0 Å². The molecule has 1 aliphatic carbocycles. The lowest BCUT2D eigenvalue weighted by Gasteiger charge is -2.41. The highest BCUT2D eigenvalue weighted by Crippen LogP contribution is 2.36. The number of aryl methyl sites for hydroxylation is 1. The van der Waals surface area contributed by atoms with Crippen LogP contribution in [0.5, 0.6) is 0 Å². The van der Waals surface area contributed by atoms with Crippen LogP contribution in [0, 0.1) is 0 Å². The number of nitrogens with one attached hydrogen (secondary N) is 1. The molecule has 1 fully saturated rings. The highest BCUT2D eigenvalue weighted by atomic mass is 32.2. The fourth-order valence-electron chi connectivity index (χ4n) is 2.23. The Morgan fingerprint density at radius 2 is 2.24 bits per heavy atom. The zero-order valence-corrected chi connectivity index (χ0v) is 10.9. The van der Waals surface area contributed by atoms with Gasteiger partial charge < -0.3 is 10.3 Å². The van der Waals surface area contributed by atoms with Gasteiger partial charge in [-0.25, -0.2) is 18.1 Å². The van der Waals surface area contributed by atoms with Gasteiger partial charge >= 0.3 is 0 Å². The number of anilines is 1. The van der Waals surface area contributed by atoms with Gasteiger partial charge in [-0.05, 0) is 25.7 Å². The molecule has 7 heteroatoms. The van der Waals surface area contributed by atoms with E-state index in [1.54, 1.807) is 7.05 Å². The molecule has 1 heterocycles. The van der Waals surface area contributed by atoms with Crippen LogP contribution in [-0.2, 0) is 17.1 Å². The van der Waals surface area contributed by atoms with E-state index in [4.69, 9.17) is 5.73 Å². The van der Waals surface area contributed by atoms with Crippen molar-refractivity contribution in [2.24, 2.45) is 7.05 Å². The number of nitrogens with zero attached hydrogens (tertiary/aromatic N) is 2. The topological polar surface area (TPSA) is 90.0 Å². The highest BCUT2D eigenvalue weighted by molar-refractivity contribution is 7.89. The lowest BCUT2D eigenvalue weighted by molar-refractivity contribution is 0.213. The van der Waals surface area contributed by atoms with E-state index < -0.39 is 10.0 Å². The first-order valence-corrected chi connectivity index (χ1v) is 7.19. The van der Waals surface area contributed by atoms with Crippen molar-refractivity contribution in [1.82, 2.24) is 14.3 Å². The van der Waals surface area contributed by atoms with Crippen molar-refractivity contribution in [3.05, 3.63) is 6.33 Å². The number of hydrogen-bond donors (Lipinski definition) is 2. The molecule has 0 saturated heterocycles. The molecule has 0 atom stereocenters. The fraction of sp³-hybridized carbons (Fsp3) is 0.700. The lowest BCUT2D eigenvalue weighted by Crippen LogP contribution is -2.53. The Kier molecular flexibility index (Phi) is 2.90.